The summed E-state index contributed by atoms with van der Waals surface area (Å²) in [6.07, 6.45) is -0.791. The fourth-order valence-corrected chi connectivity index (χ4v) is 3.79. The third kappa shape index (κ3) is 7.10. The molecule has 1 N–H and O–H groups in total. The molecule has 0 unspecified atom stereocenters. The fraction of sp³-hybridized carbons (Fsp3) is 0.480. The second-order valence-electron chi connectivity index (χ2n) is 7.99. The van der Waals surface area contributed by atoms with E-state index in [4.69, 9.17) is 0 Å². The number of halogens is 3. The van der Waals surface area contributed by atoms with Crippen LogP contribution in [0, 0.1) is 6.92 Å². The topological polar surface area (TPSA) is 32.3 Å². The molecule has 3 nitrogen and oxygen atoms in total. The number of amides is 1. The molecule has 0 aliphatic carbocycles. The van der Waals surface area contributed by atoms with E-state index in [1.807, 2.05) is 31.7 Å². The Morgan fingerprint density at radius 1 is 0.935 bits per heavy atom. The molecule has 2 rings (SSSR count). The van der Waals surface area contributed by atoms with Gasteiger partial charge in [0, 0.05) is 17.8 Å². The molecule has 170 valence electrons. The fourth-order valence-electron chi connectivity index (χ4n) is 3.79. The van der Waals surface area contributed by atoms with Crippen molar-refractivity contribution in [2.45, 2.75) is 66.1 Å². The molecule has 31 heavy (non-hydrogen) atoms. The molecule has 0 aromatic heterocycles. The summed E-state index contributed by atoms with van der Waals surface area (Å²) in [5.74, 6) is -0.411. The maximum absolute atomic E-state index is 13.7. The van der Waals surface area contributed by atoms with Crippen LogP contribution in [-0.4, -0.2) is 23.9 Å². The minimum Gasteiger partial charge on any atom is -0.322 e. The van der Waals surface area contributed by atoms with E-state index in [0.29, 0.717) is 5.56 Å². The standard InChI is InChI=1S/C25H33F3N2O/c1-5-8-19-9-10-20(15-18(19)4)24(31)29-22-12-11-21(23(16-22)25(26,27)28)17-30(13-6-2)14-7-3/h9-12,15-16H,5-8,13-14,17H2,1-4H3,(H,29,31). The molecule has 0 saturated carbocycles. The Hall–Kier alpha value is -2.34. The van der Waals surface area contributed by atoms with Crippen molar-refractivity contribution in [3.8, 4) is 0 Å². The van der Waals surface area contributed by atoms with E-state index in [0.717, 1.165) is 50.4 Å². The molecular weight excluding hydrogens is 401 g/mol. The maximum Gasteiger partial charge on any atom is 0.416 e. The molecule has 6 heteroatoms. The smallest absolute Gasteiger partial charge is 0.322 e. The predicted octanol–water partition coefficient (Wildman–Crippen LogP) is 6.84. The van der Waals surface area contributed by atoms with Crippen molar-refractivity contribution >= 4 is 11.6 Å². The molecule has 0 radical (unpaired) electrons. The van der Waals surface area contributed by atoms with E-state index in [1.165, 1.54) is 11.6 Å². The molecule has 2 aromatic rings. The maximum atomic E-state index is 13.7. The highest BCUT2D eigenvalue weighted by Crippen LogP contribution is 2.34. The summed E-state index contributed by atoms with van der Waals surface area (Å²) >= 11 is 0. The van der Waals surface area contributed by atoms with Gasteiger partial charge in [-0.15, -0.1) is 0 Å². The summed E-state index contributed by atoms with van der Waals surface area (Å²) in [7, 11) is 0. The lowest BCUT2D eigenvalue weighted by Crippen LogP contribution is -2.26. The molecule has 0 bridgehead atoms. The monoisotopic (exact) mass is 434 g/mol. The molecule has 0 atom stereocenters. The normalized spacial score (nSPS) is 11.7. The molecule has 0 heterocycles. The summed E-state index contributed by atoms with van der Waals surface area (Å²) in [5, 5.41) is 2.63. The van der Waals surface area contributed by atoms with E-state index >= 15 is 0 Å². The lowest BCUT2D eigenvalue weighted by molar-refractivity contribution is -0.138. The van der Waals surface area contributed by atoms with Crippen molar-refractivity contribution in [3.63, 3.8) is 0 Å². The number of alkyl halides is 3. The second-order valence-corrected chi connectivity index (χ2v) is 7.99. The Morgan fingerprint density at radius 2 is 1.58 bits per heavy atom. The first kappa shape index (κ1) is 24.9. The van der Waals surface area contributed by atoms with Gasteiger partial charge in [0.05, 0.1) is 5.56 Å². The lowest BCUT2D eigenvalue weighted by Gasteiger charge is -2.23. The minimum atomic E-state index is -4.49. The molecule has 0 spiro atoms. The number of carbonyl (C=O) groups excluding carboxylic acids is 1. The number of carbonyl (C=O) groups is 1. The number of nitrogens with one attached hydrogen (secondary N) is 1. The first-order chi connectivity index (χ1) is 14.7. The summed E-state index contributed by atoms with van der Waals surface area (Å²) in [5.41, 5.74) is 2.30. The van der Waals surface area contributed by atoms with Gasteiger partial charge in [-0.25, -0.2) is 0 Å². The van der Waals surface area contributed by atoms with Crippen LogP contribution in [0.4, 0.5) is 18.9 Å². The average Bonchev–Trinajstić information content (AvgIpc) is 2.70. The van der Waals surface area contributed by atoms with Crippen LogP contribution in [-0.2, 0) is 19.1 Å². The van der Waals surface area contributed by atoms with Crippen LogP contribution < -0.4 is 5.32 Å². The SMILES string of the molecule is CCCc1ccc(C(=O)Nc2ccc(CN(CCC)CCC)c(C(F)(F)F)c2)cc1C. The number of rotatable bonds is 10. The number of nitrogens with zero attached hydrogens (tertiary/aromatic N) is 1. The van der Waals surface area contributed by atoms with Gasteiger partial charge in [0.2, 0.25) is 0 Å². The highest BCUT2D eigenvalue weighted by atomic mass is 19.4. The first-order valence-electron chi connectivity index (χ1n) is 11.0. The third-order valence-corrected chi connectivity index (χ3v) is 5.27. The van der Waals surface area contributed by atoms with Gasteiger partial charge < -0.3 is 5.32 Å². The Morgan fingerprint density at radius 3 is 2.13 bits per heavy atom. The van der Waals surface area contributed by atoms with Crippen molar-refractivity contribution in [3.05, 3.63) is 64.2 Å². The van der Waals surface area contributed by atoms with Crippen LogP contribution in [0.2, 0.25) is 0 Å². The Balaban J connectivity index is 2.25. The minimum absolute atomic E-state index is 0.147. The van der Waals surface area contributed by atoms with Crippen molar-refractivity contribution < 1.29 is 18.0 Å². The zero-order valence-corrected chi connectivity index (χ0v) is 18.9. The Labute approximate surface area is 183 Å². The Bertz CT molecular complexity index is 872. The summed E-state index contributed by atoms with van der Waals surface area (Å²) in [4.78, 5) is 14.7. The number of aryl methyl sites for hydroxylation is 2. The second kappa shape index (κ2) is 11.3. The van der Waals surface area contributed by atoms with Crippen molar-refractivity contribution in [1.82, 2.24) is 4.90 Å². The summed E-state index contributed by atoms with van der Waals surface area (Å²) < 4.78 is 41.2. The molecule has 0 fully saturated rings. The van der Waals surface area contributed by atoms with Gasteiger partial charge >= 0.3 is 6.18 Å². The van der Waals surface area contributed by atoms with Gasteiger partial charge in [-0.2, -0.15) is 13.2 Å². The largest absolute Gasteiger partial charge is 0.416 e. The van der Waals surface area contributed by atoms with Crippen molar-refractivity contribution in [2.75, 3.05) is 18.4 Å². The van der Waals surface area contributed by atoms with Gasteiger partial charge in [0.15, 0.2) is 0 Å². The van der Waals surface area contributed by atoms with Crippen molar-refractivity contribution in [2.24, 2.45) is 0 Å². The zero-order chi connectivity index (χ0) is 23.0. The summed E-state index contributed by atoms with van der Waals surface area (Å²) in [6.45, 7) is 9.80. The van der Waals surface area contributed by atoms with Crippen molar-refractivity contribution in [1.29, 1.82) is 0 Å². The average molecular weight is 435 g/mol. The molecule has 0 aliphatic heterocycles. The van der Waals surface area contributed by atoms with Crippen LogP contribution in [0.25, 0.3) is 0 Å². The highest BCUT2D eigenvalue weighted by Gasteiger charge is 2.34. The van der Waals surface area contributed by atoms with E-state index in [9.17, 15) is 18.0 Å². The quantitative estimate of drug-likeness (QED) is 0.444. The van der Waals surface area contributed by atoms with Crippen LogP contribution in [0.15, 0.2) is 36.4 Å². The van der Waals surface area contributed by atoms with Crippen LogP contribution >= 0.6 is 0 Å². The van der Waals surface area contributed by atoms with E-state index in [1.54, 1.807) is 18.2 Å². The third-order valence-electron chi connectivity index (χ3n) is 5.27. The van der Waals surface area contributed by atoms with Gasteiger partial charge in [-0.1, -0.05) is 39.3 Å². The van der Waals surface area contributed by atoms with Gasteiger partial charge in [-0.05, 0) is 80.2 Å². The number of hydrogen-bond acceptors (Lipinski definition) is 2. The molecule has 1 amide bonds. The first-order valence-corrected chi connectivity index (χ1v) is 11.0. The lowest BCUT2D eigenvalue weighted by atomic mass is 10.0. The molecule has 0 aliphatic rings. The number of benzene rings is 2. The summed E-state index contributed by atoms with van der Waals surface area (Å²) in [6, 6.07) is 9.49. The molecule has 2 aromatic carbocycles. The predicted molar refractivity (Wildman–Crippen MR) is 120 cm³/mol. The number of anilines is 1. The zero-order valence-electron chi connectivity index (χ0n) is 18.9. The molecule has 0 saturated heterocycles. The number of hydrogen-bond donors (Lipinski definition) is 1. The van der Waals surface area contributed by atoms with Crippen LogP contribution in [0.1, 0.15) is 72.6 Å². The van der Waals surface area contributed by atoms with Crippen LogP contribution in [0.3, 0.4) is 0 Å². The van der Waals surface area contributed by atoms with Gasteiger partial charge in [0.1, 0.15) is 0 Å². The molecular formula is C25H33F3N2O. The van der Waals surface area contributed by atoms with E-state index < -0.39 is 17.6 Å². The van der Waals surface area contributed by atoms with E-state index in [2.05, 4.69) is 12.2 Å². The Kier molecular flexibility index (Phi) is 9.11. The van der Waals surface area contributed by atoms with Gasteiger partial charge in [0.25, 0.3) is 5.91 Å². The highest BCUT2D eigenvalue weighted by molar-refractivity contribution is 6.04. The van der Waals surface area contributed by atoms with E-state index in [-0.39, 0.29) is 17.8 Å². The van der Waals surface area contributed by atoms with Crippen LogP contribution in [0.5, 0.6) is 0 Å². The van der Waals surface area contributed by atoms with Gasteiger partial charge in [-0.3, -0.25) is 9.69 Å².